The molecule has 1 saturated heterocycles. The second-order valence-corrected chi connectivity index (χ2v) is 7.51. The molecule has 4 atom stereocenters. The van der Waals surface area contributed by atoms with Gasteiger partial charge in [-0.25, -0.2) is 0 Å². The zero-order valence-corrected chi connectivity index (χ0v) is 13.7. The van der Waals surface area contributed by atoms with Gasteiger partial charge in [0.25, 0.3) is 0 Å². The fourth-order valence-corrected chi connectivity index (χ4v) is 4.54. The first kappa shape index (κ1) is 15.3. The number of nitrogens with zero attached hydrogens (tertiary/aromatic N) is 1. The molecule has 19 heavy (non-hydrogen) atoms. The van der Waals surface area contributed by atoms with E-state index in [-0.39, 0.29) is 0 Å². The van der Waals surface area contributed by atoms with Gasteiger partial charge in [-0.2, -0.15) is 0 Å². The van der Waals surface area contributed by atoms with Crippen LogP contribution in [0, 0.1) is 11.3 Å². The van der Waals surface area contributed by atoms with E-state index in [2.05, 4.69) is 44.8 Å². The Hall–Kier alpha value is -0.0800. The lowest BCUT2D eigenvalue weighted by atomic mass is 9.84. The lowest BCUT2D eigenvalue weighted by molar-refractivity contribution is 0.142. The Kier molecular flexibility index (Phi) is 4.94. The third-order valence-corrected chi connectivity index (χ3v) is 5.77. The summed E-state index contributed by atoms with van der Waals surface area (Å²) >= 11 is 0. The van der Waals surface area contributed by atoms with E-state index in [1.165, 1.54) is 38.6 Å². The first-order valence-electron chi connectivity index (χ1n) is 8.48. The quantitative estimate of drug-likeness (QED) is 0.817. The van der Waals surface area contributed by atoms with E-state index in [9.17, 15) is 0 Å². The van der Waals surface area contributed by atoms with Crippen molar-refractivity contribution in [3.63, 3.8) is 0 Å². The molecule has 2 heteroatoms. The summed E-state index contributed by atoms with van der Waals surface area (Å²) in [7, 11) is 0. The predicted molar refractivity (Wildman–Crippen MR) is 83.5 cm³/mol. The van der Waals surface area contributed by atoms with Crippen molar-refractivity contribution >= 4 is 0 Å². The molecule has 2 rings (SSSR count). The van der Waals surface area contributed by atoms with Crippen LogP contribution in [-0.2, 0) is 0 Å². The van der Waals surface area contributed by atoms with Gasteiger partial charge in [0.2, 0.25) is 0 Å². The van der Waals surface area contributed by atoms with E-state index in [0.29, 0.717) is 11.5 Å². The van der Waals surface area contributed by atoms with Gasteiger partial charge in [-0.3, -0.25) is 4.90 Å². The van der Waals surface area contributed by atoms with E-state index >= 15 is 0 Å². The molecule has 2 fully saturated rings. The topological polar surface area (TPSA) is 15.3 Å². The maximum Gasteiger partial charge on any atom is 0.0159 e. The number of likely N-dealkylation sites (tertiary alicyclic amines) is 1. The Morgan fingerprint density at radius 3 is 2.53 bits per heavy atom. The summed E-state index contributed by atoms with van der Waals surface area (Å²) in [6.07, 6.45) is 6.94. The fourth-order valence-electron chi connectivity index (χ4n) is 4.54. The molecule has 0 aromatic rings. The van der Waals surface area contributed by atoms with Crippen LogP contribution in [0.15, 0.2) is 0 Å². The zero-order chi connectivity index (χ0) is 14.0. The Morgan fingerprint density at radius 2 is 1.89 bits per heavy atom. The fraction of sp³-hybridized carbons (Fsp3) is 1.00. The highest BCUT2D eigenvalue weighted by molar-refractivity contribution is 4.98. The van der Waals surface area contributed by atoms with Crippen LogP contribution in [0.5, 0.6) is 0 Å². The molecule has 112 valence electrons. The Balaban J connectivity index is 2.01. The van der Waals surface area contributed by atoms with E-state index in [1.807, 2.05) is 0 Å². The molecule has 1 aliphatic heterocycles. The summed E-state index contributed by atoms with van der Waals surface area (Å²) < 4.78 is 0. The van der Waals surface area contributed by atoms with Crippen molar-refractivity contribution in [2.24, 2.45) is 11.3 Å². The standard InChI is InChI=1S/C17H34N2/c1-6-15-9-8-13(3)19(15)12-14-10-11-17(4,5)16(14)18-7-2/h13-16,18H,6-12H2,1-5H3. The van der Waals surface area contributed by atoms with Crippen molar-refractivity contribution in [2.75, 3.05) is 13.1 Å². The maximum atomic E-state index is 3.78. The van der Waals surface area contributed by atoms with Crippen molar-refractivity contribution in [2.45, 2.75) is 84.8 Å². The Bertz CT molecular complexity index is 287. The van der Waals surface area contributed by atoms with Gasteiger partial charge in [0.05, 0.1) is 0 Å². The van der Waals surface area contributed by atoms with Crippen LogP contribution in [-0.4, -0.2) is 36.1 Å². The minimum atomic E-state index is 0.478. The number of hydrogen-bond acceptors (Lipinski definition) is 2. The number of nitrogens with one attached hydrogen (secondary N) is 1. The van der Waals surface area contributed by atoms with Crippen molar-refractivity contribution in [3.05, 3.63) is 0 Å². The average molecular weight is 266 g/mol. The molecule has 4 unspecified atom stereocenters. The van der Waals surface area contributed by atoms with Crippen LogP contribution < -0.4 is 5.32 Å². The predicted octanol–water partition coefficient (Wildman–Crippen LogP) is 3.66. The minimum Gasteiger partial charge on any atom is -0.313 e. The van der Waals surface area contributed by atoms with Gasteiger partial charge in [-0.1, -0.05) is 27.7 Å². The van der Waals surface area contributed by atoms with Crippen LogP contribution in [0.4, 0.5) is 0 Å². The van der Waals surface area contributed by atoms with E-state index < -0.39 is 0 Å². The monoisotopic (exact) mass is 266 g/mol. The van der Waals surface area contributed by atoms with Crippen LogP contribution in [0.1, 0.15) is 66.7 Å². The van der Waals surface area contributed by atoms with Crippen LogP contribution in [0.25, 0.3) is 0 Å². The van der Waals surface area contributed by atoms with Crippen molar-refractivity contribution < 1.29 is 0 Å². The Morgan fingerprint density at radius 1 is 1.16 bits per heavy atom. The van der Waals surface area contributed by atoms with E-state index in [4.69, 9.17) is 0 Å². The second-order valence-electron chi connectivity index (χ2n) is 7.51. The molecule has 1 saturated carbocycles. The third kappa shape index (κ3) is 3.16. The van der Waals surface area contributed by atoms with Crippen LogP contribution >= 0.6 is 0 Å². The first-order chi connectivity index (χ1) is 8.99. The van der Waals surface area contributed by atoms with Gasteiger partial charge >= 0.3 is 0 Å². The normalized spacial score (nSPS) is 39.0. The lowest BCUT2D eigenvalue weighted by Crippen LogP contribution is -2.47. The highest BCUT2D eigenvalue weighted by Crippen LogP contribution is 2.42. The van der Waals surface area contributed by atoms with E-state index in [0.717, 1.165) is 24.5 Å². The Labute approximate surface area is 120 Å². The van der Waals surface area contributed by atoms with Crippen LogP contribution in [0.3, 0.4) is 0 Å². The summed E-state index contributed by atoms with van der Waals surface area (Å²) in [4.78, 5) is 2.82. The molecule has 1 heterocycles. The molecule has 0 aromatic heterocycles. The smallest absolute Gasteiger partial charge is 0.0159 e. The van der Waals surface area contributed by atoms with Crippen LogP contribution in [0.2, 0.25) is 0 Å². The van der Waals surface area contributed by atoms with Gasteiger partial charge in [0, 0.05) is 24.7 Å². The highest BCUT2D eigenvalue weighted by atomic mass is 15.2. The van der Waals surface area contributed by atoms with E-state index in [1.54, 1.807) is 0 Å². The van der Waals surface area contributed by atoms with Crippen molar-refractivity contribution in [1.82, 2.24) is 10.2 Å². The molecule has 1 aliphatic carbocycles. The summed E-state index contributed by atoms with van der Waals surface area (Å²) in [6, 6.07) is 2.36. The lowest BCUT2D eigenvalue weighted by Gasteiger charge is -2.36. The molecule has 2 aliphatic rings. The van der Waals surface area contributed by atoms with Gasteiger partial charge in [0.15, 0.2) is 0 Å². The minimum absolute atomic E-state index is 0.478. The van der Waals surface area contributed by atoms with Gasteiger partial charge < -0.3 is 5.32 Å². The summed E-state index contributed by atoms with van der Waals surface area (Å²) in [5.74, 6) is 0.851. The highest BCUT2D eigenvalue weighted by Gasteiger charge is 2.43. The molecule has 0 radical (unpaired) electrons. The van der Waals surface area contributed by atoms with Crippen molar-refractivity contribution in [3.8, 4) is 0 Å². The largest absolute Gasteiger partial charge is 0.313 e. The SMILES string of the molecule is CCNC1C(CN2C(C)CCC2CC)CCC1(C)C. The molecular formula is C17H34N2. The first-order valence-corrected chi connectivity index (χ1v) is 8.48. The summed E-state index contributed by atoms with van der Waals surface area (Å²) in [5, 5.41) is 3.78. The maximum absolute atomic E-state index is 3.78. The molecule has 2 nitrogen and oxygen atoms in total. The molecule has 0 amide bonds. The molecular weight excluding hydrogens is 232 g/mol. The van der Waals surface area contributed by atoms with Gasteiger partial charge in [0.1, 0.15) is 0 Å². The number of hydrogen-bond donors (Lipinski definition) is 1. The molecule has 0 bridgehead atoms. The average Bonchev–Trinajstić information content (AvgIpc) is 2.85. The molecule has 0 aromatic carbocycles. The van der Waals surface area contributed by atoms with Crippen molar-refractivity contribution in [1.29, 1.82) is 0 Å². The second kappa shape index (κ2) is 6.13. The summed E-state index contributed by atoms with van der Waals surface area (Å²) in [5.41, 5.74) is 0.478. The molecule has 1 N–H and O–H groups in total. The van der Waals surface area contributed by atoms with Gasteiger partial charge in [-0.15, -0.1) is 0 Å². The molecule has 0 spiro atoms. The zero-order valence-electron chi connectivity index (χ0n) is 13.7. The third-order valence-electron chi connectivity index (χ3n) is 5.77. The summed E-state index contributed by atoms with van der Waals surface area (Å²) in [6.45, 7) is 14.4. The van der Waals surface area contributed by atoms with Gasteiger partial charge in [-0.05, 0) is 56.9 Å². The number of rotatable bonds is 5.